The monoisotopic (exact) mass is 394 g/mol. The highest BCUT2D eigenvalue weighted by atomic mass is 16.2. The van der Waals surface area contributed by atoms with Gasteiger partial charge < -0.3 is 0 Å². The number of aryl methyl sites for hydroxylation is 1. The van der Waals surface area contributed by atoms with Crippen LogP contribution in [-0.4, -0.2) is 17.3 Å². The van der Waals surface area contributed by atoms with Gasteiger partial charge in [-0.1, -0.05) is 84.9 Å². The Morgan fingerprint density at radius 2 is 1.17 bits per heavy atom. The van der Waals surface area contributed by atoms with Gasteiger partial charge in [-0.3, -0.25) is 14.4 Å². The fourth-order valence-corrected chi connectivity index (χ4v) is 3.90. The summed E-state index contributed by atoms with van der Waals surface area (Å²) < 4.78 is 0. The number of fused-ring (bicyclic) bond motifs is 2. The standard InChI is InChI=1S/C27H22O3/c28-22(16-15-21-10-5-9-19-7-1-3-12-24(19)21)17-23(29)18-27(30)26-14-6-11-20-8-2-4-13-25(20)26/h1-14H,15-18H2. The van der Waals surface area contributed by atoms with Crippen LogP contribution in [0.25, 0.3) is 21.5 Å². The molecule has 0 bridgehead atoms. The Morgan fingerprint density at radius 1 is 0.567 bits per heavy atom. The minimum absolute atomic E-state index is 0.126. The van der Waals surface area contributed by atoms with E-state index in [-0.39, 0.29) is 30.2 Å². The third kappa shape index (κ3) is 4.36. The van der Waals surface area contributed by atoms with Crippen molar-refractivity contribution in [3.8, 4) is 0 Å². The molecule has 0 saturated heterocycles. The van der Waals surface area contributed by atoms with Crippen LogP contribution in [0, 0.1) is 0 Å². The summed E-state index contributed by atoms with van der Waals surface area (Å²) >= 11 is 0. The van der Waals surface area contributed by atoms with Crippen molar-refractivity contribution in [2.45, 2.75) is 25.7 Å². The highest BCUT2D eigenvalue weighted by molar-refractivity contribution is 6.16. The summed E-state index contributed by atoms with van der Waals surface area (Å²) in [7, 11) is 0. The summed E-state index contributed by atoms with van der Waals surface area (Å²) in [6.07, 6.45) is 0.447. The lowest BCUT2D eigenvalue weighted by atomic mass is 9.96. The molecule has 0 heterocycles. The van der Waals surface area contributed by atoms with Crippen LogP contribution in [0.5, 0.6) is 0 Å². The van der Waals surface area contributed by atoms with E-state index in [0.29, 0.717) is 18.4 Å². The van der Waals surface area contributed by atoms with Crippen LogP contribution in [-0.2, 0) is 16.0 Å². The van der Waals surface area contributed by atoms with Crippen LogP contribution in [0.3, 0.4) is 0 Å². The second-order valence-electron chi connectivity index (χ2n) is 7.52. The van der Waals surface area contributed by atoms with E-state index in [4.69, 9.17) is 0 Å². The first-order chi connectivity index (χ1) is 14.6. The van der Waals surface area contributed by atoms with Crippen molar-refractivity contribution in [2.24, 2.45) is 0 Å². The number of rotatable bonds is 8. The van der Waals surface area contributed by atoms with Gasteiger partial charge in [0.25, 0.3) is 0 Å². The molecule has 0 N–H and O–H groups in total. The fourth-order valence-electron chi connectivity index (χ4n) is 3.90. The van der Waals surface area contributed by atoms with Gasteiger partial charge in [0.15, 0.2) is 5.78 Å². The molecule has 3 nitrogen and oxygen atoms in total. The molecule has 0 aliphatic carbocycles. The zero-order chi connectivity index (χ0) is 20.9. The number of Topliss-reactive ketones (excluding diaryl/α,β-unsaturated/α-hetero) is 3. The maximum absolute atomic E-state index is 12.6. The first-order valence-electron chi connectivity index (χ1n) is 10.1. The molecule has 0 atom stereocenters. The molecule has 3 heteroatoms. The van der Waals surface area contributed by atoms with Gasteiger partial charge in [0.1, 0.15) is 11.6 Å². The first-order valence-corrected chi connectivity index (χ1v) is 10.1. The van der Waals surface area contributed by atoms with Crippen molar-refractivity contribution in [3.05, 3.63) is 96.1 Å². The number of carbonyl (C=O) groups excluding carboxylic acids is 3. The van der Waals surface area contributed by atoms with Crippen molar-refractivity contribution in [2.75, 3.05) is 0 Å². The van der Waals surface area contributed by atoms with Crippen molar-refractivity contribution < 1.29 is 14.4 Å². The van der Waals surface area contributed by atoms with Crippen LogP contribution < -0.4 is 0 Å². The zero-order valence-corrected chi connectivity index (χ0v) is 16.6. The second-order valence-corrected chi connectivity index (χ2v) is 7.52. The second kappa shape index (κ2) is 8.83. The van der Waals surface area contributed by atoms with Crippen molar-refractivity contribution >= 4 is 38.9 Å². The van der Waals surface area contributed by atoms with Gasteiger partial charge in [-0.05, 0) is 33.5 Å². The lowest BCUT2D eigenvalue weighted by molar-refractivity contribution is -0.126. The van der Waals surface area contributed by atoms with E-state index in [1.807, 2.05) is 78.9 Å². The molecular weight excluding hydrogens is 372 g/mol. The molecule has 0 amide bonds. The minimum atomic E-state index is -0.323. The highest BCUT2D eigenvalue weighted by Crippen LogP contribution is 2.21. The molecule has 4 rings (SSSR count). The van der Waals surface area contributed by atoms with Gasteiger partial charge in [-0.15, -0.1) is 0 Å². The molecule has 4 aromatic rings. The SMILES string of the molecule is O=C(CCc1cccc2ccccc12)CC(=O)CC(=O)c1cccc2ccccc12. The Morgan fingerprint density at radius 3 is 1.93 bits per heavy atom. The van der Waals surface area contributed by atoms with Gasteiger partial charge in [-0.25, -0.2) is 0 Å². The highest BCUT2D eigenvalue weighted by Gasteiger charge is 2.17. The number of hydrogen-bond donors (Lipinski definition) is 0. The summed E-state index contributed by atoms with van der Waals surface area (Å²) in [5, 5.41) is 4.06. The van der Waals surface area contributed by atoms with Gasteiger partial charge in [-0.2, -0.15) is 0 Å². The predicted molar refractivity (Wildman–Crippen MR) is 120 cm³/mol. The molecule has 0 aliphatic heterocycles. The molecule has 148 valence electrons. The van der Waals surface area contributed by atoms with Crippen LogP contribution >= 0.6 is 0 Å². The summed E-state index contributed by atoms with van der Waals surface area (Å²) in [6, 6.07) is 27.2. The van der Waals surface area contributed by atoms with Crippen LogP contribution in [0.1, 0.15) is 35.2 Å². The Bertz CT molecular complexity index is 1240. The Hall–Kier alpha value is -3.59. The topological polar surface area (TPSA) is 51.2 Å². The molecule has 4 aromatic carbocycles. The molecule has 0 spiro atoms. The first kappa shape index (κ1) is 19.7. The van der Waals surface area contributed by atoms with E-state index in [1.54, 1.807) is 6.07 Å². The largest absolute Gasteiger partial charge is 0.299 e. The van der Waals surface area contributed by atoms with E-state index in [1.165, 1.54) is 0 Å². The summed E-state index contributed by atoms with van der Waals surface area (Å²) in [5.74, 6) is -0.687. The van der Waals surface area contributed by atoms with Crippen molar-refractivity contribution in [1.82, 2.24) is 0 Å². The quantitative estimate of drug-likeness (QED) is 0.283. The molecule has 0 unspecified atom stereocenters. The molecule has 0 fully saturated rings. The van der Waals surface area contributed by atoms with E-state index in [2.05, 4.69) is 0 Å². The van der Waals surface area contributed by atoms with Crippen molar-refractivity contribution in [1.29, 1.82) is 0 Å². The number of hydrogen-bond acceptors (Lipinski definition) is 3. The molecule has 30 heavy (non-hydrogen) atoms. The minimum Gasteiger partial charge on any atom is -0.299 e. The van der Waals surface area contributed by atoms with Gasteiger partial charge in [0.05, 0.1) is 12.8 Å². The fraction of sp³-hybridized carbons (Fsp3) is 0.148. The van der Waals surface area contributed by atoms with Crippen LogP contribution in [0.4, 0.5) is 0 Å². The Kier molecular flexibility index (Phi) is 5.80. The molecule has 0 aliphatic rings. The number of ketones is 3. The Balaban J connectivity index is 1.36. The average Bonchev–Trinajstić information content (AvgIpc) is 2.77. The lowest BCUT2D eigenvalue weighted by Gasteiger charge is -2.07. The molecule has 0 saturated carbocycles. The van der Waals surface area contributed by atoms with E-state index >= 15 is 0 Å². The van der Waals surface area contributed by atoms with Crippen LogP contribution in [0.15, 0.2) is 84.9 Å². The summed E-state index contributed by atoms with van der Waals surface area (Å²) in [5.41, 5.74) is 1.63. The van der Waals surface area contributed by atoms with E-state index in [0.717, 1.165) is 27.1 Å². The van der Waals surface area contributed by atoms with Crippen molar-refractivity contribution in [3.63, 3.8) is 0 Å². The maximum atomic E-state index is 12.6. The summed E-state index contributed by atoms with van der Waals surface area (Å²) in [4.78, 5) is 37.4. The number of benzene rings is 4. The normalized spacial score (nSPS) is 10.9. The third-order valence-electron chi connectivity index (χ3n) is 5.40. The maximum Gasteiger partial charge on any atom is 0.170 e. The van der Waals surface area contributed by atoms with Gasteiger partial charge in [0.2, 0.25) is 0 Å². The smallest absolute Gasteiger partial charge is 0.170 e. The van der Waals surface area contributed by atoms with Gasteiger partial charge in [0, 0.05) is 12.0 Å². The lowest BCUT2D eigenvalue weighted by Crippen LogP contribution is -2.13. The van der Waals surface area contributed by atoms with Crippen LogP contribution in [0.2, 0.25) is 0 Å². The Labute approximate surface area is 175 Å². The van der Waals surface area contributed by atoms with E-state index in [9.17, 15) is 14.4 Å². The van der Waals surface area contributed by atoms with Gasteiger partial charge >= 0.3 is 0 Å². The zero-order valence-electron chi connectivity index (χ0n) is 16.6. The molecular formula is C27H22O3. The third-order valence-corrected chi connectivity index (χ3v) is 5.40. The number of carbonyl (C=O) groups is 3. The molecule has 0 aromatic heterocycles. The van der Waals surface area contributed by atoms with E-state index < -0.39 is 0 Å². The predicted octanol–water partition coefficient (Wildman–Crippen LogP) is 5.73. The average molecular weight is 394 g/mol. The summed E-state index contributed by atoms with van der Waals surface area (Å²) in [6.45, 7) is 0. The molecule has 0 radical (unpaired) electrons.